The highest BCUT2D eigenvalue weighted by atomic mass is 16.6. The van der Waals surface area contributed by atoms with Crippen molar-refractivity contribution in [2.75, 3.05) is 271 Å². The van der Waals surface area contributed by atoms with Crippen molar-refractivity contribution in [2.45, 2.75) is 13.8 Å². The lowest BCUT2D eigenvalue weighted by Crippen LogP contribution is -2.16. The van der Waals surface area contributed by atoms with E-state index in [-0.39, 0.29) is 6.61 Å². The normalized spacial score (nSPS) is 11.6. The largest absolute Gasteiger partial charge is 0.460 e. The number of carbonyl (C=O) groups excluding carboxylic acids is 1. The Morgan fingerprint density at radius 2 is 0.353 bits per heavy atom. The lowest BCUT2D eigenvalue weighted by Gasteiger charge is -2.09. The predicted molar refractivity (Wildman–Crippen MR) is 248 cm³/mol. The molecule has 406 valence electrons. The standard InChI is InChI=1S/C46H90O22/c1-4-48-5-6-49-7-8-50-9-10-51-11-12-52-13-14-53-15-16-54-17-18-55-19-20-56-21-22-57-23-24-58-25-26-59-27-28-60-29-30-61-31-32-62-33-34-63-35-36-64-37-38-65-39-40-66-41-42-67-43-44-68-46(47)45(2)3/h2,4-44H2,1,3H3. The number of ether oxygens (including phenoxy) is 21. The highest BCUT2D eigenvalue weighted by Gasteiger charge is 2.02. The number of carbonyl (C=O) groups is 1. The number of hydrogen-bond donors (Lipinski definition) is 0. The maximum Gasteiger partial charge on any atom is 0.333 e. The first-order valence-corrected chi connectivity index (χ1v) is 24.1. The molecule has 0 saturated carbocycles. The van der Waals surface area contributed by atoms with E-state index in [1.807, 2.05) is 6.92 Å². The molecule has 0 aromatic rings. The third kappa shape index (κ3) is 60.5. The van der Waals surface area contributed by atoms with Gasteiger partial charge in [-0.05, 0) is 13.8 Å². The topological polar surface area (TPSA) is 211 Å². The molecule has 0 aromatic heterocycles. The van der Waals surface area contributed by atoms with E-state index in [0.717, 1.165) is 0 Å². The van der Waals surface area contributed by atoms with Crippen molar-refractivity contribution in [3.05, 3.63) is 12.2 Å². The fourth-order valence-electron chi connectivity index (χ4n) is 4.64. The van der Waals surface area contributed by atoms with E-state index in [9.17, 15) is 4.79 Å². The second kappa shape index (κ2) is 61.5. The van der Waals surface area contributed by atoms with Crippen LogP contribution in [0.4, 0.5) is 0 Å². The van der Waals surface area contributed by atoms with Gasteiger partial charge in [-0.2, -0.15) is 0 Å². The summed E-state index contributed by atoms with van der Waals surface area (Å²) in [7, 11) is 0. The Bertz CT molecular complexity index is 973. The van der Waals surface area contributed by atoms with Crippen molar-refractivity contribution >= 4 is 5.97 Å². The van der Waals surface area contributed by atoms with Gasteiger partial charge in [0, 0.05) is 12.2 Å². The van der Waals surface area contributed by atoms with Crippen LogP contribution in [0.5, 0.6) is 0 Å². The lowest BCUT2D eigenvalue weighted by atomic mass is 10.4. The Morgan fingerprint density at radius 1 is 0.235 bits per heavy atom. The summed E-state index contributed by atoms with van der Waals surface area (Å²) < 4.78 is 114. The van der Waals surface area contributed by atoms with Crippen LogP contribution in [-0.4, -0.2) is 277 Å². The Balaban J connectivity index is 3.08. The maximum atomic E-state index is 11.2. The van der Waals surface area contributed by atoms with E-state index in [0.29, 0.717) is 270 Å². The van der Waals surface area contributed by atoms with Gasteiger partial charge in [0.15, 0.2) is 0 Å². The summed E-state index contributed by atoms with van der Waals surface area (Å²) in [6, 6.07) is 0. The van der Waals surface area contributed by atoms with E-state index in [1.54, 1.807) is 6.92 Å². The predicted octanol–water partition coefficient (Wildman–Crippen LogP) is 1.46. The zero-order chi connectivity index (χ0) is 49.0. The lowest BCUT2D eigenvalue weighted by molar-refractivity contribution is -0.140. The molecule has 0 aliphatic rings. The Labute approximate surface area is 406 Å². The molecule has 0 heterocycles. The molecule has 0 amide bonds. The summed E-state index contributed by atoms with van der Waals surface area (Å²) in [6.45, 7) is 27.1. The third-order valence-corrected chi connectivity index (χ3v) is 8.08. The molecule has 0 aliphatic carbocycles. The molecule has 0 radical (unpaired) electrons. The third-order valence-electron chi connectivity index (χ3n) is 8.08. The molecule has 0 saturated heterocycles. The molecule has 0 aliphatic heterocycles. The molecule has 0 aromatic carbocycles. The van der Waals surface area contributed by atoms with Crippen LogP contribution in [0.1, 0.15) is 13.8 Å². The summed E-state index contributed by atoms with van der Waals surface area (Å²) in [6.07, 6.45) is 0. The summed E-state index contributed by atoms with van der Waals surface area (Å²) in [5.41, 5.74) is 0.365. The number of esters is 1. The molecule has 22 nitrogen and oxygen atoms in total. The van der Waals surface area contributed by atoms with Gasteiger partial charge in [-0.1, -0.05) is 6.58 Å². The summed E-state index contributed by atoms with van der Waals surface area (Å²) in [4.78, 5) is 11.2. The molecule has 0 atom stereocenters. The first-order valence-electron chi connectivity index (χ1n) is 24.1. The molecular weight excluding hydrogens is 904 g/mol. The fourth-order valence-corrected chi connectivity index (χ4v) is 4.64. The Hall–Kier alpha value is -1.59. The van der Waals surface area contributed by atoms with Crippen LogP contribution in [0.15, 0.2) is 12.2 Å². The number of hydrogen-bond acceptors (Lipinski definition) is 22. The van der Waals surface area contributed by atoms with Gasteiger partial charge in [0.25, 0.3) is 0 Å². The van der Waals surface area contributed by atoms with Crippen LogP contribution in [0, 0.1) is 0 Å². The van der Waals surface area contributed by atoms with Gasteiger partial charge in [-0.3, -0.25) is 0 Å². The van der Waals surface area contributed by atoms with Crippen LogP contribution in [-0.2, 0) is 104 Å². The molecule has 0 unspecified atom stereocenters. The van der Waals surface area contributed by atoms with Gasteiger partial charge in [0.2, 0.25) is 0 Å². The average molecular weight is 995 g/mol. The summed E-state index contributed by atoms with van der Waals surface area (Å²) >= 11 is 0. The molecule has 0 N–H and O–H groups in total. The van der Waals surface area contributed by atoms with Gasteiger partial charge >= 0.3 is 5.97 Å². The van der Waals surface area contributed by atoms with Gasteiger partial charge in [-0.25, -0.2) is 4.79 Å². The summed E-state index contributed by atoms with van der Waals surface area (Å²) in [5.74, 6) is -0.417. The van der Waals surface area contributed by atoms with E-state index < -0.39 is 5.97 Å². The van der Waals surface area contributed by atoms with Gasteiger partial charge in [-0.15, -0.1) is 0 Å². The van der Waals surface area contributed by atoms with Crippen LogP contribution in [0.25, 0.3) is 0 Å². The molecular formula is C46H90O22. The van der Waals surface area contributed by atoms with Crippen molar-refractivity contribution in [1.82, 2.24) is 0 Å². The highest BCUT2D eigenvalue weighted by molar-refractivity contribution is 5.86. The van der Waals surface area contributed by atoms with E-state index in [4.69, 9.17) is 99.5 Å². The zero-order valence-electron chi connectivity index (χ0n) is 41.7. The molecule has 68 heavy (non-hydrogen) atoms. The smallest absolute Gasteiger partial charge is 0.333 e. The molecule has 0 fully saturated rings. The number of rotatable bonds is 62. The van der Waals surface area contributed by atoms with Crippen LogP contribution < -0.4 is 0 Å². The minimum absolute atomic E-state index is 0.192. The van der Waals surface area contributed by atoms with Gasteiger partial charge in [0.1, 0.15) is 6.61 Å². The second-order valence-electron chi connectivity index (χ2n) is 13.7. The van der Waals surface area contributed by atoms with E-state index in [2.05, 4.69) is 6.58 Å². The van der Waals surface area contributed by atoms with Crippen LogP contribution in [0.3, 0.4) is 0 Å². The Morgan fingerprint density at radius 3 is 0.471 bits per heavy atom. The van der Waals surface area contributed by atoms with E-state index in [1.165, 1.54) is 0 Å². The van der Waals surface area contributed by atoms with Gasteiger partial charge in [0.05, 0.1) is 258 Å². The van der Waals surface area contributed by atoms with Crippen molar-refractivity contribution in [2.24, 2.45) is 0 Å². The molecule has 22 heteroatoms. The Kier molecular flexibility index (Phi) is 60.1. The highest BCUT2D eigenvalue weighted by Crippen LogP contribution is 1.93. The average Bonchev–Trinajstić information content (AvgIpc) is 3.34. The monoisotopic (exact) mass is 995 g/mol. The fraction of sp³-hybridized carbons (Fsp3) is 0.935. The van der Waals surface area contributed by atoms with Crippen molar-refractivity contribution in [3.63, 3.8) is 0 Å². The minimum Gasteiger partial charge on any atom is -0.460 e. The van der Waals surface area contributed by atoms with Crippen LogP contribution in [0.2, 0.25) is 0 Å². The van der Waals surface area contributed by atoms with Crippen molar-refractivity contribution in [3.8, 4) is 0 Å². The SMILES string of the molecule is C=C(C)C(=O)OCCOCCOCCOCCOCCOCCOCCOCCOCCOCCOCCOCCOCCOCCOCCOCCOCCOCCOCCOCCOCC. The quantitative estimate of drug-likeness (QED) is 0.0480. The first-order chi connectivity index (χ1) is 33.7. The molecule has 0 spiro atoms. The van der Waals surface area contributed by atoms with Gasteiger partial charge < -0.3 is 99.5 Å². The molecule has 0 rings (SSSR count). The minimum atomic E-state index is -0.417. The zero-order valence-corrected chi connectivity index (χ0v) is 41.7. The summed E-state index contributed by atoms with van der Waals surface area (Å²) in [5, 5.41) is 0. The first kappa shape index (κ1) is 66.4. The molecule has 0 bridgehead atoms. The van der Waals surface area contributed by atoms with Crippen LogP contribution >= 0.6 is 0 Å². The second-order valence-corrected chi connectivity index (χ2v) is 13.7. The van der Waals surface area contributed by atoms with Crippen molar-refractivity contribution < 1.29 is 104 Å². The maximum absolute atomic E-state index is 11.2. The van der Waals surface area contributed by atoms with E-state index >= 15 is 0 Å². The van der Waals surface area contributed by atoms with Crippen molar-refractivity contribution in [1.29, 1.82) is 0 Å².